The van der Waals surface area contributed by atoms with Crippen LogP contribution in [0.1, 0.15) is 41.3 Å². The number of sulfonamides is 1. The van der Waals surface area contributed by atoms with Crippen LogP contribution in [0, 0.1) is 20.8 Å². The molecule has 0 amide bonds. The lowest BCUT2D eigenvalue weighted by atomic mass is 10.00. The lowest BCUT2D eigenvalue weighted by molar-refractivity contribution is 0.288. The van der Waals surface area contributed by atoms with E-state index in [0.29, 0.717) is 23.9 Å². The normalized spacial score (nSPS) is 18.9. The van der Waals surface area contributed by atoms with Gasteiger partial charge in [-0.15, -0.1) is 0 Å². The predicted octanol–water partition coefficient (Wildman–Crippen LogP) is 4.32. The number of hydrogen-bond acceptors (Lipinski definition) is 4. The van der Waals surface area contributed by atoms with E-state index in [-0.39, 0.29) is 5.92 Å². The van der Waals surface area contributed by atoms with Crippen LogP contribution >= 0.6 is 0 Å². The van der Waals surface area contributed by atoms with Crippen LogP contribution in [0.4, 0.5) is 0 Å². The molecule has 0 bridgehead atoms. The van der Waals surface area contributed by atoms with Gasteiger partial charge in [0.2, 0.25) is 10.0 Å². The Balaban J connectivity index is 1.66. The molecule has 4 rings (SSSR count). The van der Waals surface area contributed by atoms with Crippen molar-refractivity contribution in [1.29, 1.82) is 0 Å². The van der Waals surface area contributed by atoms with Gasteiger partial charge in [0.25, 0.3) is 0 Å². The highest BCUT2D eigenvalue weighted by atomic mass is 32.2. The van der Waals surface area contributed by atoms with Gasteiger partial charge in [-0.2, -0.15) is 4.31 Å². The fraction of sp³-hybridized carbons (Fsp3) is 0.381. The fourth-order valence-corrected chi connectivity index (χ4v) is 6.07. The highest BCUT2D eigenvalue weighted by Gasteiger charge is 2.34. The number of aryl methyl sites for hydroxylation is 3. The zero-order valence-electron chi connectivity index (χ0n) is 15.9. The number of benzene rings is 2. The summed E-state index contributed by atoms with van der Waals surface area (Å²) in [7, 11) is -3.55. The van der Waals surface area contributed by atoms with Crippen LogP contribution < -0.4 is 0 Å². The van der Waals surface area contributed by atoms with Crippen LogP contribution in [0.2, 0.25) is 0 Å². The van der Waals surface area contributed by atoms with Crippen LogP contribution in [0.15, 0.2) is 45.7 Å². The van der Waals surface area contributed by atoms with Crippen LogP contribution in [0.3, 0.4) is 0 Å². The Morgan fingerprint density at radius 3 is 2.52 bits per heavy atom. The molecule has 1 fully saturated rings. The zero-order chi connectivity index (χ0) is 19.2. The van der Waals surface area contributed by atoms with E-state index in [2.05, 4.69) is 4.98 Å². The molecule has 1 saturated heterocycles. The first-order valence-corrected chi connectivity index (χ1v) is 10.7. The van der Waals surface area contributed by atoms with Gasteiger partial charge in [-0.1, -0.05) is 29.8 Å². The second-order valence-electron chi connectivity index (χ2n) is 7.45. The van der Waals surface area contributed by atoms with E-state index in [4.69, 9.17) is 4.42 Å². The maximum Gasteiger partial charge on any atom is 0.243 e. The maximum absolute atomic E-state index is 13.4. The van der Waals surface area contributed by atoms with Crippen molar-refractivity contribution in [3.63, 3.8) is 0 Å². The summed E-state index contributed by atoms with van der Waals surface area (Å²) in [5.41, 5.74) is 4.25. The molecule has 5 nitrogen and oxygen atoms in total. The third-order valence-corrected chi connectivity index (χ3v) is 7.42. The van der Waals surface area contributed by atoms with E-state index >= 15 is 0 Å². The largest absolute Gasteiger partial charge is 0.440 e. The van der Waals surface area contributed by atoms with E-state index in [9.17, 15) is 8.42 Å². The second-order valence-corrected chi connectivity index (χ2v) is 9.32. The Kier molecular flexibility index (Phi) is 4.56. The second kappa shape index (κ2) is 6.77. The van der Waals surface area contributed by atoms with Gasteiger partial charge in [-0.3, -0.25) is 0 Å². The number of oxazole rings is 1. The first kappa shape index (κ1) is 18.2. The summed E-state index contributed by atoms with van der Waals surface area (Å²) in [5.74, 6) is 0.612. The molecular formula is C21H24N2O3S. The highest BCUT2D eigenvalue weighted by molar-refractivity contribution is 7.89. The number of hydrogen-bond donors (Lipinski definition) is 0. The van der Waals surface area contributed by atoms with Gasteiger partial charge in [0.1, 0.15) is 5.52 Å². The first-order chi connectivity index (χ1) is 12.9. The van der Waals surface area contributed by atoms with E-state index in [1.54, 1.807) is 4.31 Å². The van der Waals surface area contributed by atoms with Crippen molar-refractivity contribution in [2.75, 3.05) is 13.1 Å². The molecule has 0 saturated carbocycles. The molecule has 27 heavy (non-hydrogen) atoms. The summed E-state index contributed by atoms with van der Waals surface area (Å²) in [4.78, 5) is 5.02. The Hall–Kier alpha value is -2.18. The molecule has 1 atom stereocenters. The number of aromatic nitrogens is 1. The molecule has 6 heteroatoms. The topological polar surface area (TPSA) is 63.4 Å². The quantitative estimate of drug-likeness (QED) is 0.675. The van der Waals surface area contributed by atoms with Gasteiger partial charge >= 0.3 is 0 Å². The molecule has 0 radical (unpaired) electrons. The maximum atomic E-state index is 13.4. The molecule has 0 N–H and O–H groups in total. The van der Waals surface area contributed by atoms with Crippen LogP contribution in [0.25, 0.3) is 11.1 Å². The Bertz CT molecular complexity index is 1050. The standard InChI is InChI=1S/C21H24N2O3S/c1-14-11-15(2)20(16(3)12-14)27(24,25)23-10-6-7-17(13-23)21-22-18-8-4-5-9-19(18)26-21/h4-5,8-9,11-12,17H,6-7,10,13H2,1-3H3. The average Bonchev–Trinajstić information content (AvgIpc) is 3.05. The Morgan fingerprint density at radius 1 is 1.11 bits per heavy atom. The monoisotopic (exact) mass is 384 g/mol. The molecule has 2 heterocycles. The summed E-state index contributed by atoms with van der Waals surface area (Å²) >= 11 is 0. The van der Waals surface area contributed by atoms with Gasteiger partial charge in [0, 0.05) is 19.0 Å². The molecule has 1 aliphatic heterocycles. The number of fused-ring (bicyclic) bond motifs is 1. The molecular weight excluding hydrogens is 360 g/mol. The predicted molar refractivity (Wildman–Crippen MR) is 105 cm³/mol. The average molecular weight is 385 g/mol. The molecule has 1 unspecified atom stereocenters. The number of para-hydroxylation sites is 2. The van der Waals surface area contributed by atoms with Gasteiger partial charge in [-0.25, -0.2) is 13.4 Å². The zero-order valence-corrected chi connectivity index (χ0v) is 16.7. The molecule has 0 spiro atoms. The molecule has 3 aromatic rings. The van der Waals surface area contributed by atoms with Crippen molar-refractivity contribution in [1.82, 2.24) is 9.29 Å². The molecule has 0 aliphatic carbocycles. The SMILES string of the molecule is Cc1cc(C)c(S(=O)(=O)N2CCCC(c3nc4ccccc4o3)C2)c(C)c1. The van der Waals surface area contributed by atoms with Crippen LogP contribution in [0.5, 0.6) is 0 Å². The van der Waals surface area contributed by atoms with Crippen LogP contribution in [-0.2, 0) is 10.0 Å². The highest BCUT2D eigenvalue weighted by Crippen LogP contribution is 2.33. The van der Waals surface area contributed by atoms with E-state index in [1.165, 1.54) is 0 Å². The lowest BCUT2D eigenvalue weighted by Crippen LogP contribution is -2.39. The van der Waals surface area contributed by atoms with Gasteiger partial charge in [0.15, 0.2) is 11.5 Å². The summed E-state index contributed by atoms with van der Waals surface area (Å²) < 4.78 is 34.2. The minimum absolute atomic E-state index is 0.0213. The number of rotatable bonds is 3. The number of nitrogens with zero attached hydrogens (tertiary/aromatic N) is 2. The Morgan fingerprint density at radius 2 is 1.81 bits per heavy atom. The summed E-state index contributed by atoms with van der Waals surface area (Å²) in [5, 5.41) is 0. The van der Waals surface area contributed by atoms with E-state index in [1.807, 2.05) is 57.2 Å². The van der Waals surface area contributed by atoms with E-state index < -0.39 is 10.0 Å². The first-order valence-electron chi connectivity index (χ1n) is 9.30. The number of piperidine rings is 1. The minimum atomic E-state index is -3.55. The third-order valence-electron chi connectivity index (χ3n) is 5.25. The van der Waals surface area contributed by atoms with Crippen molar-refractivity contribution in [2.24, 2.45) is 0 Å². The fourth-order valence-electron chi connectivity index (χ4n) is 4.13. The van der Waals surface area contributed by atoms with Crippen molar-refractivity contribution < 1.29 is 12.8 Å². The van der Waals surface area contributed by atoms with Crippen molar-refractivity contribution in [3.05, 3.63) is 59.0 Å². The van der Waals surface area contributed by atoms with E-state index in [0.717, 1.165) is 40.6 Å². The summed E-state index contributed by atoms with van der Waals surface area (Å²) in [6.45, 7) is 6.67. The molecule has 1 aromatic heterocycles. The smallest absolute Gasteiger partial charge is 0.243 e. The van der Waals surface area contributed by atoms with Gasteiger partial charge < -0.3 is 4.42 Å². The van der Waals surface area contributed by atoms with Crippen molar-refractivity contribution in [3.8, 4) is 0 Å². The lowest BCUT2D eigenvalue weighted by Gasteiger charge is -2.31. The summed E-state index contributed by atoms with van der Waals surface area (Å²) in [6, 6.07) is 11.5. The third kappa shape index (κ3) is 3.28. The van der Waals surface area contributed by atoms with Crippen LogP contribution in [-0.4, -0.2) is 30.8 Å². The van der Waals surface area contributed by atoms with Crippen molar-refractivity contribution >= 4 is 21.1 Å². The van der Waals surface area contributed by atoms with Gasteiger partial charge in [-0.05, 0) is 56.9 Å². The molecule has 142 valence electrons. The Labute approximate surface area is 160 Å². The molecule has 2 aromatic carbocycles. The van der Waals surface area contributed by atoms with Crippen molar-refractivity contribution in [2.45, 2.75) is 44.4 Å². The molecule has 1 aliphatic rings. The summed E-state index contributed by atoms with van der Waals surface area (Å²) in [6.07, 6.45) is 1.68. The van der Waals surface area contributed by atoms with Gasteiger partial charge in [0.05, 0.1) is 4.90 Å². The minimum Gasteiger partial charge on any atom is -0.440 e.